The van der Waals surface area contributed by atoms with Gasteiger partial charge in [-0.25, -0.2) is 9.97 Å². The fourth-order valence-electron chi connectivity index (χ4n) is 3.83. The van der Waals surface area contributed by atoms with Crippen LogP contribution in [0.4, 0.5) is 19.1 Å². The zero-order chi connectivity index (χ0) is 21.1. The lowest BCUT2D eigenvalue weighted by Crippen LogP contribution is -2.38. The molecule has 2 N–H and O–H groups in total. The van der Waals surface area contributed by atoms with Gasteiger partial charge in [-0.3, -0.25) is 0 Å². The highest BCUT2D eigenvalue weighted by Crippen LogP contribution is 2.39. The van der Waals surface area contributed by atoms with E-state index in [9.17, 15) is 13.2 Å². The van der Waals surface area contributed by atoms with Gasteiger partial charge in [-0.15, -0.1) is 0 Å². The summed E-state index contributed by atoms with van der Waals surface area (Å²) in [7, 11) is 1.59. The Hall–Kier alpha value is -2.65. The highest BCUT2D eigenvalue weighted by atomic mass is 19.4. The Balaban J connectivity index is 1.80. The lowest BCUT2D eigenvalue weighted by Gasteiger charge is -2.24. The van der Waals surface area contributed by atoms with E-state index in [2.05, 4.69) is 20.6 Å². The summed E-state index contributed by atoms with van der Waals surface area (Å²) in [5, 5.41) is 7.16. The molecule has 160 valence electrons. The third-order valence-corrected chi connectivity index (χ3v) is 5.30. The van der Waals surface area contributed by atoms with Crippen LogP contribution < -0.4 is 10.6 Å². The number of nitrogens with zero attached hydrogens (tertiary/aromatic N) is 3. The molecular weight excluding hydrogens is 395 g/mol. The molecule has 6 nitrogen and oxygen atoms in total. The van der Waals surface area contributed by atoms with E-state index in [-0.39, 0.29) is 17.7 Å². The first kappa shape index (κ1) is 20.6. The first-order valence-corrected chi connectivity index (χ1v) is 9.96. The Bertz CT molecular complexity index is 1010. The Labute approximate surface area is 172 Å². The fraction of sp³-hybridized carbons (Fsp3) is 0.429. The normalized spacial score (nSPS) is 17.4. The predicted octanol–water partition coefficient (Wildman–Crippen LogP) is 3.93. The number of ether oxygens (including phenoxy) is 1. The summed E-state index contributed by atoms with van der Waals surface area (Å²) in [6, 6.07) is 7.47. The van der Waals surface area contributed by atoms with Gasteiger partial charge in [0.2, 0.25) is 5.95 Å². The number of halogens is 3. The molecule has 9 heteroatoms. The molecule has 0 aliphatic carbocycles. The SMILES string of the molecule is COCCn1cc(-c2nc(N[C@H]3CCCNC3)ncc2C(F)(F)F)c2ccccc21. The van der Waals surface area contributed by atoms with Crippen LogP contribution in [0.2, 0.25) is 0 Å². The zero-order valence-electron chi connectivity index (χ0n) is 16.7. The maximum absolute atomic E-state index is 13.8. The van der Waals surface area contributed by atoms with E-state index in [4.69, 9.17) is 4.74 Å². The summed E-state index contributed by atoms with van der Waals surface area (Å²) >= 11 is 0. The van der Waals surface area contributed by atoms with Gasteiger partial charge in [0.05, 0.1) is 12.3 Å². The van der Waals surface area contributed by atoms with Crippen molar-refractivity contribution in [3.8, 4) is 11.3 Å². The smallest absolute Gasteiger partial charge is 0.383 e. The number of hydrogen-bond acceptors (Lipinski definition) is 5. The maximum Gasteiger partial charge on any atom is 0.419 e. The average Bonchev–Trinajstić information content (AvgIpc) is 3.11. The van der Waals surface area contributed by atoms with Crippen LogP contribution in [0.5, 0.6) is 0 Å². The molecule has 3 aromatic rings. The van der Waals surface area contributed by atoms with Crippen LogP contribution in [-0.4, -0.2) is 47.4 Å². The number of rotatable bonds is 6. The number of methoxy groups -OCH3 is 1. The van der Waals surface area contributed by atoms with Gasteiger partial charge in [0.15, 0.2) is 0 Å². The molecule has 30 heavy (non-hydrogen) atoms. The quantitative estimate of drug-likeness (QED) is 0.634. The molecule has 2 aromatic heterocycles. The van der Waals surface area contributed by atoms with E-state index in [1.807, 2.05) is 28.8 Å². The lowest BCUT2D eigenvalue weighted by atomic mass is 10.1. The average molecular weight is 419 g/mol. The topological polar surface area (TPSA) is 64.0 Å². The maximum atomic E-state index is 13.8. The van der Waals surface area contributed by atoms with E-state index in [1.54, 1.807) is 13.3 Å². The van der Waals surface area contributed by atoms with Gasteiger partial charge < -0.3 is 19.9 Å². The van der Waals surface area contributed by atoms with Gasteiger partial charge >= 0.3 is 6.18 Å². The van der Waals surface area contributed by atoms with Crippen LogP contribution in [0.25, 0.3) is 22.2 Å². The number of fused-ring (bicyclic) bond motifs is 1. The van der Waals surface area contributed by atoms with Crippen LogP contribution in [0, 0.1) is 0 Å². The molecule has 1 aliphatic heterocycles. The minimum atomic E-state index is -4.56. The number of alkyl halides is 3. The first-order chi connectivity index (χ1) is 14.5. The summed E-state index contributed by atoms with van der Waals surface area (Å²) < 4.78 is 48.4. The van der Waals surface area contributed by atoms with Gasteiger partial charge in [-0.2, -0.15) is 13.2 Å². The molecule has 0 radical (unpaired) electrons. The van der Waals surface area contributed by atoms with Crippen LogP contribution >= 0.6 is 0 Å². The molecule has 4 rings (SSSR count). The van der Waals surface area contributed by atoms with Crippen molar-refractivity contribution in [2.75, 3.05) is 32.1 Å². The Morgan fingerprint density at radius 2 is 2.13 bits per heavy atom. The second-order valence-electron chi connectivity index (χ2n) is 7.39. The van der Waals surface area contributed by atoms with Crippen molar-refractivity contribution < 1.29 is 17.9 Å². The van der Waals surface area contributed by atoms with Crippen molar-refractivity contribution in [3.05, 3.63) is 42.2 Å². The van der Waals surface area contributed by atoms with E-state index >= 15 is 0 Å². The van der Waals surface area contributed by atoms with E-state index in [1.165, 1.54) is 0 Å². The van der Waals surface area contributed by atoms with Crippen LogP contribution in [0.1, 0.15) is 18.4 Å². The van der Waals surface area contributed by atoms with Crippen LogP contribution in [0.3, 0.4) is 0 Å². The second kappa shape index (κ2) is 8.61. The number of piperidine rings is 1. The van der Waals surface area contributed by atoms with Crippen molar-refractivity contribution in [1.29, 1.82) is 0 Å². The number of para-hydroxylation sites is 1. The van der Waals surface area contributed by atoms with Crippen LogP contribution in [0.15, 0.2) is 36.7 Å². The molecule has 1 fully saturated rings. The summed E-state index contributed by atoms with van der Waals surface area (Å²) in [6.45, 7) is 2.66. The third-order valence-electron chi connectivity index (χ3n) is 5.30. The molecule has 1 aromatic carbocycles. The highest BCUT2D eigenvalue weighted by Gasteiger charge is 2.36. The van der Waals surface area contributed by atoms with E-state index in [0.717, 1.165) is 37.6 Å². The van der Waals surface area contributed by atoms with Crippen LogP contribution in [-0.2, 0) is 17.5 Å². The molecule has 1 saturated heterocycles. The molecule has 1 atom stereocenters. The number of hydrogen-bond donors (Lipinski definition) is 2. The number of benzene rings is 1. The molecule has 1 aliphatic rings. The molecule has 0 saturated carbocycles. The molecule has 0 amide bonds. The van der Waals surface area contributed by atoms with Crippen molar-refractivity contribution in [3.63, 3.8) is 0 Å². The Kier molecular flexibility index (Phi) is 5.92. The minimum absolute atomic E-state index is 0.0892. The van der Waals surface area contributed by atoms with Gasteiger partial charge in [0.1, 0.15) is 5.56 Å². The molecule has 0 bridgehead atoms. The van der Waals surface area contributed by atoms with Crippen molar-refractivity contribution in [2.24, 2.45) is 0 Å². The standard InChI is InChI=1S/C21H24F3N5O/c1-30-10-9-29-13-16(15-6-2-3-7-18(15)29)19-17(21(22,23)24)12-26-20(28-19)27-14-5-4-8-25-11-14/h2-3,6-7,12-14,25H,4-5,8-11H2,1H3,(H,26,27,28)/t14-/m0/s1. The lowest BCUT2D eigenvalue weighted by molar-refractivity contribution is -0.137. The van der Waals surface area contributed by atoms with Gasteiger partial charge in [-0.1, -0.05) is 18.2 Å². The summed E-state index contributed by atoms with van der Waals surface area (Å²) in [5.74, 6) is 0.209. The van der Waals surface area contributed by atoms with Crippen molar-refractivity contribution in [2.45, 2.75) is 31.6 Å². The summed E-state index contributed by atoms with van der Waals surface area (Å²) in [5.41, 5.74) is 0.309. The fourth-order valence-corrected chi connectivity index (χ4v) is 3.83. The van der Waals surface area contributed by atoms with E-state index in [0.29, 0.717) is 24.1 Å². The van der Waals surface area contributed by atoms with Crippen molar-refractivity contribution in [1.82, 2.24) is 19.9 Å². The molecule has 0 spiro atoms. The van der Waals surface area contributed by atoms with Gasteiger partial charge in [0, 0.05) is 55.1 Å². The predicted molar refractivity (Wildman–Crippen MR) is 109 cm³/mol. The zero-order valence-corrected chi connectivity index (χ0v) is 16.7. The van der Waals surface area contributed by atoms with E-state index < -0.39 is 11.7 Å². The monoisotopic (exact) mass is 419 g/mol. The third kappa shape index (κ3) is 4.27. The summed E-state index contributed by atoms with van der Waals surface area (Å²) in [6.07, 6.45) is -0.0490. The largest absolute Gasteiger partial charge is 0.419 e. The number of aromatic nitrogens is 3. The van der Waals surface area contributed by atoms with Gasteiger partial charge in [0.25, 0.3) is 0 Å². The molecular formula is C21H24F3N5O. The minimum Gasteiger partial charge on any atom is -0.383 e. The molecule has 0 unspecified atom stereocenters. The van der Waals surface area contributed by atoms with Gasteiger partial charge in [-0.05, 0) is 25.5 Å². The second-order valence-corrected chi connectivity index (χ2v) is 7.39. The summed E-state index contributed by atoms with van der Waals surface area (Å²) in [4.78, 5) is 8.30. The van der Waals surface area contributed by atoms with Crippen molar-refractivity contribution >= 4 is 16.9 Å². The number of anilines is 1. The number of nitrogens with one attached hydrogen (secondary N) is 2. The highest BCUT2D eigenvalue weighted by molar-refractivity contribution is 5.96. The first-order valence-electron chi connectivity index (χ1n) is 9.96. The Morgan fingerprint density at radius 1 is 1.30 bits per heavy atom. The Morgan fingerprint density at radius 3 is 2.87 bits per heavy atom. The molecule has 3 heterocycles.